The maximum absolute atomic E-state index is 12.1. The number of aromatic nitrogens is 2. The maximum Gasteiger partial charge on any atom is 0.224 e. The summed E-state index contributed by atoms with van der Waals surface area (Å²) in [5, 5.41) is 8.01. The third-order valence-corrected chi connectivity index (χ3v) is 4.03. The molecule has 0 saturated carbocycles. The van der Waals surface area contributed by atoms with Crippen molar-refractivity contribution in [1.29, 1.82) is 0 Å². The number of amides is 1. The quantitative estimate of drug-likeness (QED) is 0.747. The number of halogens is 1. The highest BCUT2D eigenvalue weighted by Crippen LogP contribution is 2.24. The Morgan fingerprint density at radius 3 is 2.67 bits per heavy atom. The molecule has 5 nitrogen and oxygen atoms in total. The van der Waals surface area contributed by atoms with E-state index in [1.807, 2.05) is 36.7 Å². The molecule has 2 aromatic rings. The van der Waals surface area contributed by atoms with E-state index >= 15 is 0 Å². The van der Waals surface area contributed by atoms with E-state index in [2.05, 4.69) is 24.3 Å². The fourth-order valence-electron chi connectivity index (χ4n) is 2.53. The number of carbonyl (C=O) groups is 1. The molecular weight excluding hydrogens is 326 g/mol. The predicted molar refractivity (Wildman–Crippen MR) is 96.9 cm³/mol. The van der Waals surface area contributed by atoms with Gasteiger partial charge in [0.2, 0.25) is 5.91 Å². The van der Waals surface area contributed by atoms with Crippen molar-refractivity contribution in [3.8, 4) is 5.75 Å². The van der Waals surface area contributed by atoms with Crippen LogP contribution in [0.15, 0.2) is 24.3 Å². The summed E-state index contributed by atoms with van der Waals surface area (Å²) in [6.07, 6.45) is 1.00. The molecule has 1 N–H and O–H groups in total. The van der Waals surface area contributed by atoms with Crippen LogP contribution in [0.25, 0.3) is 0 Å². The first kappa shape index (κ1) is 18.3. The van der Waals surface area contributed by atoms with E-state index in [0.29, 0.717) is 30.2 Å². The van der Waals surface area contributed by atoms with Gasteiger partial charge in [-0.15, -0.1) is 0 Å². The molecule has 1 aromatic carbocycles. The molecular formula is C18H24ClN3O2. The largest absolute Gasteiger partial charge is 0.492 e. The van der Waals surface area contributed by atoms with Crippen molar-refractivity contribution in [2.75, 3.05) is 11.9 Å². The molecule has 2 rings (SSSR count). The molecule has 0 radical (unpaired) electrons. The van der Waals surface area contributed by atoms with Gasteiger partial charge >= 0.3 is 0 Å². The van der Waals surface area contributed by atoms with Gasteiger partial charge in [-0.25, -0.2) is 0 Å². The van der Waals surface area contributed by atoms with Crippen LogP contribution in [0.4, 0.5) is 5.69 Å². The molecule has 6 heteroatoms. The number of anilines is 1. The Morgan fingerprint density at radius 1 is 1.33 bits per heavy atom. The summed E-state index contributed by atoms with van der Waals surface area (Å²) in [6.45, 7) is 8.45. The monoisotopic (exact) mass is 349 g/mol. The van der Waals surface area contributed by atoms with Crippen LogP contribution in [0.1, 0.15) is 44.1 Å². The normalized spacial score (nSPS) is 10.9. The Kier molecular flexibility index (Phi) is 6.26. The Bertz CT molecular complexity index is 710. The average Bonchev–Trinajstić information content (AvgIpc) is 2.81. The SMILES string of the molecule is Cc1nn(C(C)C)c(C)c1NC(=O)CCCOc1ccccc1Cl. The van der Waals surface area contributed by atoms with Crippen molar-refractivity contribution in [3.63, 3.8) is 0 Å². The maximum atomic E-state index is 12.1. The second-order valence-corrected chi connectivity index (χ2v) is 6.42. The molecule has 130 valence electrons. The molecule has 0 aliphatic heterocycles. The molecule has 0 spiro atoms. The van der Waals surface area contributed by atoms with Crippen molar-refractivity contribution in [1.82, 2.24) is 9.78 Å². The van der Waals surface area contributed by atoms with Gasteiger partial charge in [0.25, 0.3) is 0 Å². The summed E-state index contributed by atoms with van der Waals surface area (Å²) in [6, 6.07) is 7.58. The van der Waals surface area contributed by atoms with Gasteiger partial charge in [0.1, 0.15) is 5.75 Å². The Morgan fingerprint density at radius 2 is 2.04 bits per heavy atom. The fraction of sp³-hybridized carbons (Fsp3) is 0.444. The molecule has 24 heavy (non-hydrogen) atoms. The van der Waals surface area contributed by atoms with Gasteiger partial charge in [0.05, 0.1) is 28.7 Å². The van der Waals surface area contributed by atoms with Crippen LogP contribution in [0.3, 0.4) is 0 Å². The number of nitrogens with zero attached hydrogens (tertiary/aromatic N) is 2. The zero-order valence-electron chi connectivity index (χ0n) is 14.6. The van der Waals surface area contributed by atoms with Gasteiger partial charge in [-0.1, -0.05) is 23.7 Å². The molecule has 0 fully saturated rings. The third-order valence-electron chi connectivity index (χ3n) is 3.72. The first-order valence-electron chi connectivity index (χ1n) is 8.13. The van der Waals surface area contributed by atoms with E-state index in [0.717, 1.165) is 17.1 Å². The number of hydrogen-bond donors (Lipinski definition) is 1. The summed E-state index contributed by atoms with van der Waals surface area (Å²) in [7, 11) is 0. The summed E-state index contributed by atoms with van der Waals surface area (Å²) in [4.78, 5) is 12.1. The van der Waals surface area contributed by atoms with Crippen LogP contribution >= 0.6 is 11.6 Å². The minimum absolute atomic E-state index is 0.0349. The lowest BCUT2D eigenvalue weighted by molar-refractivity contribution is -0.116. The molecule has 1 amide bonds. The number of aryl methyl sites for hydroxylation is 1. The van der Waals surface area contributed by atoms with Crippen LogP contribution in [-0.4, -0.2) is 22.3 Å². The first-order valence-corrected chi connectivity index (χ1v) is 8.50. The lowest BCUT2D eigenvalue weighted by Crippen LogP contribution is -2.14. The van der Waals surface area contributed by atoms with Crippen LogP contribution in [0.2, 0.25) is 5.02 Å². The number of benzene rings is 1. The van der Waals surface area contributed by atoms with E-state index in [4.69, 9.17) is 16.3 Å². The zero-order valence-corrected chi connectivity index (χ0v) is 15.4. The molecule has 0 saturated heterocycles. The van der Waals surface area contributed by atoms with Gasteiger partial charge in [-0.3, -0.25) is 9.48 Å². The van der Waals surface area contributed by atoms with E-state index in [1.165, 1.54) is 0 Å². The van der Waals surface area contributed by atoms with E-state index in [1.54, 1.807) is 6.07 Å². The highest BCUT2D eigenvalue weighted by molar-refractivity contribution is 6.32. The summed E-state index contributed by atoms with van der Waals surface area (Å²) in [5.41, 5.74) is 2.62. The standard InChI is InChI=1S/C18H24ClN3O2/c1-12(2)22-14(4)18(13(3)21-22)20-17(23)10-7-11-24-16-9-6-5-8-15(16)19/h5-6,8-9,12H,7,10-11H2,1-4H3,(H,20,23). The molecule has 1 heterocycles. The number of hydrogen-bond acceptors (Lipinski definition) is 3. The Hall–Kier alpha value is -2.01. The number of rotatable bonds is 7. The van der Waals surface area contributed by atoms with Gasteiger partial charge in [-0.05, 0) is 46.2 Å². The summed E-state index contributed by atoms with van der Waals surface area (Å²) >= 11 is 6.02. The van der Waals surface area contributed by atoms with Crippen molar-refractivity contribution in [3.05, 3.63) is 40.7 Å². The van der Waals surface area contributed by atoms with E-state index < -0.39 is 0 Å². The fourth-order valence-corrected chi connectivity index (χ4v) is 2.72. The van der Waals surface area contributed by atoms with Gasteiger partial charge < -0.3 is 10.1 Å². The smallest absolute Gasteiger partial charge is 0.224 e. The van der Waals surface area contributed by atoms with Gasteiger partial charge in [0, 0.05) is 12.5 Å². The minimum atomic E-state index is -0.0349. The molecule has 0 unspecified atom stereocenters. The van der Waals surface area contributed by atoms with Crippen LogP contribution in [0, 0.1) is 13.8 Å². The summed E-state index contributed by atoms with van der Waals surface area (Å²) < 4.78 is 7.51. The third kappa shape index (κ3) is 4.51. The first-order chi connectivity index (χ1) is 11.4. The lowest BCUT2D eigenvalue weighted by atomic mass is 10.2. The topological polar surface area (TPSA) is 56.2 Å². The number of nitrogens with one attached hydrogen (secondary N) is 1. The second kappa shape index (κ2) is 8.20. The molecule has 0 atom stereocenters. The molecule has 0 aliphatic carbocycles. The summed E-state index contributed by atoms with van der Waals surface area (Å²) in [5.74, 6) is 0.608. The molecule has 0 bridgehead atoms. The van der Waals surface area contributed by atoms with E-state index in [9.17, 15) is 4.79 Å². The van der Waals surface area contributed by atoms with Crippen LogP contribution < -0.4 is 10.1 Å². The van der Waals surface area contributed by atoms with Crippen molar-refractivity contribution < 1.29 is 9.53 Å². The predicted octanol–water partition coefficient (Wildman–Crippen LogP) is 4.53. The zero-order chi connectivity index (χ0) is 17.7. The number of carbonyl (C=O) groups excluding carboxylic acids is 1. The van der Waals surface area contributed by atoms with E-state index in [-0.39, 0.29) is 11.9 Å². The van der Waals surface area contributed by atoms with Crippen LogP contribution in [-0.2, 0) is 4.79 Å². The second-order valence-electron chi connectivity index (χ2n) is 6.01. The average molecular weight is 350 g/mol. The highest BCUT2D eigenvalue weighted by Gasteiger charge is 2.15. The number of para-hydroxylation sites is 1. The van der Waals surface area contributed by atoms with Crippen molar-refractivity contribution >= 4 is 23.2 Å². The van der Waals surface area contributed by atoms with Crippen molar-refractivity contribution in [2.24, 2.45) is 0 Å². The highest BCUT2D eigenvalue weighted by atomic mass is 35.5. The Labute approximate surface area is 148 Å². The van der Waals surface area contributed by atoms with Crippen molar-refractivity contribution in [2.45, 2.75) is 46.6 Å². The Balaban J connectivity index is 1.83. The molecule has 0 aliphatic rings. The number of ether oxygens (including phenoxy) is 1. The van der Waals surface area contributed by atoms with Gasteiger partial charge in [0.15, 0.2) is 0 Å². The lowest BCUT2D eigenvalue weighted by Gasteiger charge is -2.10. The van der Waals surface area contributed by atoms with Gasteiger partial charge in [-0.2, -0.15) is 5.10 Å². The minimum Gasteiger partial charge on any atom is -0.492 e. The molecule has 1 aromatic heterocycles. The van der Waals surface area contributed by atoms with Crippen LogP contribution in [0.5, 0.6) is 5.75 Å².